The van der Waals surface area contributed by atoms with Gasteiger partial charge in [-0.3, -0.25) is 4.79 Å². The van der Waals surface area contributed by atoms with Gasteiger partial charge in [0.15, 0.2) is 18.9 Å². The number of nitrogens with one attached hydrogen (secondary N) is 1. The van der Waals surface area contributed by atoms with Crippen LogP contribution >= 0.6 is 0 Å². The van der Waals surface area contributed by atoms with E-state index in [1.54, 1.807) is 0 Å². The average Bonchev–Trinajstić information content (AvgIpc) is 2.42. The van der Waals surface area contributed by atoms with E-state index in [1.165, 1.54) is 103 Å². The zero-order valence-electron chi connectivity index (χ0n) is 54.4. The maximum atomic E-state index is 13.4. The number of aliphatic hydroxyl groups is 11. The van der Waals surface area contributed by atoms with E-state index < -0.39 is 124 Å². The van der Waals surface area contributed by atoms with E-state index in [1.807, 2.05) is 0 Å². The predicted molar refractivity (Wildman–Crippen MR) is 346 cm³/mol. The molecule has 1 amide bonds. The summed E-state index contributed by atoms with van der Waals surface area (Å²) in [7, 11) is 0. The molecule has 17 unspecified atom stereocenters. The van der Waals surface area contributed by atoms with E-state index in [0.29, 0.717) is 12.8 Å². The maximum Gasteiger partial charge on any atom is 0.220 e. The maximum absolute atomic E-state index is 13.4. The molecule has 89 heavy (non-hydrogen) atoms. The van der Waals surface area contributed by atoms with Crippen molar-refractivity contribution >= 4 is 5.91 Å². The van der Waals surface area contributed by atoms with Crippen LogP contribution in [0.2, 0.25) is 0 Å². The average molecular weight is 1270 g/mol. The second-order valence-corrected chi connectivity index (χ2v) is 24.6. The highest BCUT2D eigenvalue weighted by Crippen LogP contribution is 2.33. The van der Waals surface area contributed by atoms with E-state index in [2.05, 4.69) is 92.1 Å². The topological polar surface area (TPSA) is 307 Å². The zero-order valence-corrected chi connectivity index (χ0v) is 54.4. The number of allylic oxidation sites excluding steroid dienone is 12. The Kier molecular flexibility index (Phi) is 46.7. The van der Waals surface area contributed by atoms with Crippen LogP contribution in [0.3, 0.4) is 0 Å². The molecule has 3 aliphatic rings. The second-order valence-electron chi connectivity index (χ2n) is 24.6. The minimum Gasteiger partial charge on any atom is -0.394 e. The lowest BCUT2D eigenvalue weighted by Gasteiger charge is -2.48. The molecular formula is C70H123NO18. The lowest BCUT2D eigenvalue weighted by atomic mass is 9.96. The van der Waals surface area contributed by atoms with Crippen LogP contribution in [0.25, 0.3) is 0 Å². The summed E-state index contributed by atoms with van der Waals surface area (Å²) in [4.78, 5) is 13.4. The van der Waals surface area contributed by atoms with Crippen molar-refractivity contribution < 1.29 is 89.4 Å². The number of ether oxygens (including phenoxy) is 6. The lowest BCUT2D eigenvalue weighted by molar-refractivity contribution is -0.379. The van der Waals surface area contributed by atoms with Crippen molar-refractivity contribution in [1.82, 2.24) is 5.32 Å². The van der Waals surface area contributed by atoms with Crippen molar-refractivity contribution in [2.24, 2.45) is 0 Å². The first-order chi connectivity index (χ1) is 43.3. The van der Waals surface area contributed by atoms with Gasteiger partial charge in [0.1, 0.15) is 73.2 Å². The van der Waals surface area contributed by atoms with Crippen molar-refractivity contribution in [2.75, 3.05) is 26.4 Å². The number of carbonyl (C=O) groups is 1. The molecule has 3 aliphatic heterocycles. The van der Waals surface area contributed by atoms with Crippen LogP contribution in [0, 0.1) is 0 Å². The molecule has 516 valence electrons. The number of unbranched alkanes of at least 4 members (excludes halogenated alkanes) is 24. The molecule has 17 atom stereocenters. The summed E-state index contributed by atoms with van der Waals surface area (Å²) in [5.41, 5.74) is 0. The van der Waals surface area contributed by atoms with Crippen molar-refractivity contribution in [3.8, 4) is 0 Å². The summed E-state index contributed by atoms with van der Waals surface area (Å²) in [5.74, 6) is -0.250. The van der Waals surface area contributed by atoms with Gasteiger partial charge in [0.25, 0.3) is 0 Å². The molecule has 0 aromatic carbocycles. The molecule has 3 rings (SSSR count). The molecule has 0 saturated carbocycles. The molecule has 3 heterocycles. The van der Waals surface area contributed by atoms with Crippen molar-refractivity contribution in [2.45, 2.75) is 336 Å². The Labute approximate surface area is 534 Å². The Morgan fingerprint density at radius 1 is 0.416 bits per heavy atom. The quantitative estimate of drug-likeness (QED) is 0.0200. The van der Waals surface area contributed by atoms with Gasteiger partial charge >= 0.3 is 0 Å². The third-order valence-electron chi connectivity index (χ3n) is 17.0. The van der Waals surface area contributed by atoms with Gasteiger partial charge in [0.05, 0.1) is 38.6 Å². The van der Waals surface area contributed by atoms with Gasteiger partial charge in [-0.25, -0.2) is 0 Å². The van der Waals surface area contributed by atoms with Crippen LogP contribution < -0.4 is 5.32 Å². The molecule has 3 fully saturated rings. The van der Waals surface area contributed by atoms with Crippen LogP contribution in [-0.2, 0) is 33.2 Å². The van der Waals surface area contributed by atoms with Crippen molar-refractivity contribution in [1.29, 1.82) is 0 Å². The highest BCUT2D eigenvalue weighted by atomic mass is 16.8. The second kappa shape index (κ2) is 51.6. The monoisotopic (exact) mass is 1270 g/mol. The minimum absolute atomic E-state index is 0.250. The van der Waals surface area contributed by atoms with Gasteiger partial charge < -0.3 is 89.9 Å². The molecule has 19 nitrogen and oxygen atoms in total. The fourth-order valence-electron chi connectivity index (χ4n) is 11.4. The lowest BCUT2D eigenvalue weighted by Crippen LogP contribution is -2.66. The summed E-state index contributed by atoms with van der Waals surface area (Å²) in [6.45, 7) is 1.68. The number of rotatable bonds is 52. The van der Waals surface area contributed by atoms with Crippen LogP contribution in [0.1, 0.15) is 232 Å². The van der Waals surface area contributed by atoms with E-state index in [-0.39, 0.29) is 18.9 Å². The zero-order chi connectivity index (χ0) is 64.7. The number of aliphatic hydroxyl groups excluding tert-OH is 11. The van der Waals surface area contributed by atoms with Gasteiger partial charge in [-0.1, -0.05) is 234 Å². The minimum atomic E-state index is -1.97. The largest absolute Gasteiger partial charge is 0.394 e. The molecule has 19 heteroatoms. The fraction of sp³-hybridized carbons (Fsp3) is 0.814. The molecular weight excluding hydrogens is 1140 g/mol. The molecule has 0 aliphatic carbocycles. The Bertz CT molecular complexity index is 1900. The van der Waals surface area contributed by atoms with Crippen LogP contribution in [0.15, 0.2) is 72.9 Å². The van der Waals surface area contributed by atoms with Crippen molar-refractivity contribution in [3.63, 3.8) is 0 Å². The molecule has 0 radical (unpaired) electrons. The number of amides is 1. The summed E-state index contributed by atoms with van der Waals surface area (Å²) in [6.07, 6.45) is 36.9. The standard InChI is InChI=1S/C70H123NO18/c1-3-5-7-9-11-13-15-17-19-20-21-22-23-24-25-26-27-28-29-30-31-32-34-36-38-40-42-44-46-48-58(76)71-53(54(75)47-45-43-41-39-37-35-33-18-16-14-12-10-8-6-4-2)52-84-68-64(82)61(79)66(56(50-73)86-68)89-70-65(83)62(80)67(57(51-74)87-70)88-69-63(81)60(78)59(77)55(49-72)85-69/h5,7,11,13,17,19,21-22,24-25,27-28,53-57,59-70,72-75,77-83H,3-4,6,8-10,12,14-16,18,20,23,26,29-52H2,1-2H3,(H,71,76)/b7-5-,13-11-,19-17-,22-21-,25-24-,28-27-. The first-order valence-electron chi connectivity index (χ1n) is 34.7. The fourth-order valence-corrected chi connectivity index (χ4v) is 11.4. The summed E-state index contributed by atoms with van der Waals surface area (Å²) in [5, 5.41) is 121. The number of hydrogen-bond acceptors (Lipinski definition) is 18. The first kappa shape index (κ1) is 80.5. The Hall–Kier alpha value is -2.77. The normalized spacial score (nSPS) is 28.7. The van der Waals surface area contributed by atoms with Gasteiger partial charge in [0, 0.05) is 6.42 Å². The van der Waals surface area contributed by atoms with E-state index in [4.69, 9.17) is 28.4 Å². The third kappa shape index (κ3) is 33.8. The third-order valence-corrected chi connectivity index (χ3v) is 17.0. The van der Waals surface area contributed by atoms with E-state index >= 15 is 0 Å². The van der Waals surface area contributed by atoms with E-state index in [9.17, 15) is 61.0 Å². The highest BCUT2D eigenvalue weighted by Gasteiger charge is 2.53. The Morgan fingerprint density at radius 2 is 0.775 bits per heavy atom. The summed E-state index contributed by atoms with van der Waals surface area (Å²) < 4.78 is 34.4. The molecule has 3 saturated heterocycles. The first-order valence-corrected chi connectivity index (χ1v) is 34.7. The molecule has 0 aromatic rings. The number of carbonyl (C=O) groups excluding carboxylic acids is 1. The van der Waals surface area contributed by atoms with Gasteiger partial charge in [-0.15, -0.1) is 0 Å². The Morgan fingerprint density at radius 3 is 1.21 bits per heavy atom. The summed E-state index contributed by atoms with van der Waals surface area (Å²) in [6, 6.07) is -0.893. The molecule has 0 bridgehead atoms. The van der Waals surface area contributed by atoms with Crippen LogP contribution in [-0.4, -0.2) is 193 Å². The van der Waals surface area contributed by atoms with Gasteiger partial charge in [-0.2, -0.15) is 0 Å². The van der Waals surface area contributed by atoms with Gasteiger partial charge in [-0.05, 0) is 64.2 Å². The highest BCUT2D eigenvalue weighted by molar-refractivity contribution is 5.76. The predicted octanol–water partition coefficient (Wildman–Crippen LogP) is 8.94. The smallest absolute Gasteiger partial charge is 0.220 e. The van der Waals surface area contributed by atoms with Crippen LogP contribution in [0.4, 0.5) is 0 Å². The SMILES string of the molecule is CC/C=C\C/C=C\C/C=C\C/C=C\C/C=C\C/C=C\CCCCCCCCCCCCC(=O)NC(COC1OC(CO)C(OC2OC(CO)C(OC3OC(CO)C(O)C(O)C3O)C(O)C2O)C(O)C1O)C(O)CCCCCCCCCCCCCCCCC. The Balaban J connectivity index is 1.41. The van der Waals surface area contributed by atoms with Crippen LogP contribution in [0.5, 0.6) is 0 Å². The molecule has 0 spiro atoms. The number of hydrogen-bond donors (Lipinski definition) is 12. The molecule has 12 N–H and O–H groups in total. The van der Waals surface area contributed by atoms with E-state index in [0.717, 1.165) is 96.3 Å². The van der Waals surface area contributed by atoms with Gasteiger partial charge in [0.2, 0.25) is 5.91 Å². The molecule has 0 aromatic heterocycles. The van der Waals surface area contributed by atoms with Crippen molar-refractivity contribution in [3.05, 3.63) is 72.9 Å². The summed E-state index contributed by atoms with van der Waals surface area (Å²) >= 11 is 0.